The summed E-state index contributed by atoms with van der Waals surface area (Å²) in [7, 11) is -3.85. The normalized spacial score (nSPS) is 12.7. The average molecular weight is 335 g/mol. The molecule has 0 spiro atoms. The Kier molecular flexibility index (Phi) is 5.49. The highest BCUT2D eigenvalue weighted by Gasteiger charge is 2.15. The molecular formula is C16H17NO5S. The van der Waals surface area contributed by atoms with Crippen LogP contribution < -0.4 is 4.72 Å². The Balaban J connectivity index is 2.06. The molecule has 7 heteroatoms. The minimum Gasteiger partial charge on any atom is -0.480 e. The van der Waals surface area contributed by atoms with E-state index < -0.39 is 28.6 Å². The lowest BCUT2D eigenvalue weighted by molar-refractivity contribution is -0.135. The van der Waals surface area contributed by atoms with E-state index in [1.165, 1.54) is 12.1 Å². The lowest BCUT2D eigenvalue weighted by Gasteiger charge is -2.11. The molecule has 0 amide bonds. The Hall–Kier alpha value is -2.22. The molecule has 122 valence electrons. The summed E-state index contributed by atoms with van der Waals surface area (Å²) in [6.07, 6.45) is -0.323. The molecule has 1 atom stereocenters. The highest BCUT2D eigenvalue weighted by Crippen LogP contribution is 2.19. The minimum atomic E-state index is -3.85. The van der Waals surface area contributed by atoms with E-state index in [-0.39, 0.29) is 4.90 Å². The van der Waals surface area contributed by atoms with Crippen molar-refractivity contribution in [2.45, 2.75) is 17.4 Å². The number of benzene rings is 2. The molecule has 0 saturated carbocycles. The molecule has 2 aromatic rings. The van der Waals surface area contributed by atoms with Gasteiger partial charge in [-0.15, -0.1) is 0 Å². The van der Waals surface area contributed by atoms with Crippen LogP contribution in [0, 0.1) is 0 Å². The number of carboxylic acid groups (broad SMARTS) is 1. The van der Waals surface area contributed by atoms with Crippen molar-refractivity contribution in [3.63, 3.8) is 0 Å². The van der Waals surface area contributed by atoms with Crippen molar-refractivity contribution >= 4 is 16.0 Å². The van der Waals surface area contributed by atoms with Crippen molar-refractivity contribution in [3.8, 4) is 0 Å². The molecule has 0 bridgehead atoms. The smallest absolute Gasteiger partial charge is 0.318 e. The largest absolute Gasteiger partial charge is 0.480 e. The first kappa shape index (κ1) is 17.1. The number of nitrogens with one attached hydrogen (secondary N) is 1. The number of sulfonamides is 1. The number of hydrogen-bond donors (Lipinski definition) is 3. The number of aliphatic hydroxyl groups is 1. The highest BCUT2D eigenvalue weighted by atomic mass is 32.2. The summed E-state index contributed by atoms with van der Waals surface area (Å²) in [6, 6.07) is 15.1. The van der Waals surface area contributed by atoms with Gasteiger partial charge in [0.1, 0.15) is 6.54 Å². The maximum absolute atomic E-state index is 11.9. The highest BCUT2D eigenvalue weighted by molar-refractivity contribution is 7.89. The van der Waals surface area contributed by atoms with Gasteiger partial charge in [-0.2, -0.15) is 4.72 Å². The predicted molar refractivity (Wildman–Crippen MR) is 84.4 cm³/mol. The standard InChI is InChI=1S/C16H17NO5S/c18-15(13-4-2-1-3-5-13)10-12-6-8-14(9-7-12)23(21,22)17-11-16(19)20/h1-9,15,17-18H,10-11H2,(H,19,20). The topological polar surface area (TPSA) is 104 Å². The van der Waals surface area contributed by atoms with Crippen molar-refractivity contribution in [2.24, 2.45) is 0 Å². The summed E-state index contributed by atoms with van der Waals surface area (Å²) < 4.78 is 25.7. The van der Waals surface area contributed by atoms with Gasteiger partial charge in [0, 0.05) is 6.42 Å². The fraction of sp³-hybridized carbons (Fsp3) is 0.188. The van der Waals surface area contributed by atoms with Gasteiger partial charge in [-0.05, 0) is 23.3 Å². The zero-order valence-corrected chi connectivity index (χ0v) is 13.0. The van der Waals surface area contributed by atoms with Gasteiger partial charge in [-0.1, -0.05) is 42.5 Å². The van der Waals surface area contributed by atoms with Crippen LogP contribution in [0.15, 0.2) is 59.5 Å². The van der Waals surface area contributed by atoms with E-state index in [0.717, 1.165) is 11.1 Å². The Bertz CT molecular complexity index is 757. The van der Waals surface area contributed by atoms with E-state index in [1.807, 2.05) is 35.1 Å². The second-order valence-corrected chi connectivity index (χ2v) is 6.76. The maximum Gasteiger partial charge on any atom is 0.318 e. The van der Waals surface area contributed by atoms with E-state index in [1.54, 1.807) is 12.1 Å². The minimum absolute atomic E-state index is 0.0169. The Morgan fingerprint density at radius 3 is 2.22 bits per heavy atom. The Morgan fingerprint density at radius 2 is 1.65 bits per heavy atom. The third-order valence-corrected chi connectivity index (χ3v) is 4.68. The molecule has 0 radical (unpaired) electrons. The fourth-order valence-corrected chi connectivity index (χ4v) is 3.04. The van der Waals surface area contributed by atoms with E-state index >= 15 is 0 Å². The molecule has 2 aromatic carbocycles. The number of aliphatic carboxylic acids is 1. The quantitative estimate of drug-likeness (QED) is 0.708. The van der Waals surface area contributed by atoms with Crippen molar-refractivity contribution in [1.29, 1.82) is 0 Å². The monoisotopic (exact) mass is 335 g/mol. The molecule has 0 saturated heterocycles. The fourth-order valence-electron chi connectivity index (χ4n) is 2.06. The number of carboxylic acids is 1. The zero-order chi connectivity index (χ0) is 16.9. The third kappa shape index (κ3) is 4.88. The zero-order valence-electron chi connectivity index (χ0n) is 12.2. The van der Waals surface area contributed by atoms with Crippen LogP contribution in [0.5, 0.6) is 0 Å². The summed E-state index contributed by atoms with van der Waals surface area (Å²) in [4.78, 5) is 10.4. The average Bonchev–Trinajstić information content (AvgIpc) is 2.54. The van der Waals surface area contributed by atoms with Gasteiger partial charge < -0.3 is 10.2 Å². The van der Waals surface area contributed by atoms with Gasteiger partial charge >= 0.3 is 5.97 Å². The van der Waals surface area contributed by atoms with E-state index in [9.17, 15) is 18.3 Å². The van der Waals surface area contributed by atoms with Crippen LogP contribution in [0.4, 0.5) is 0 Å². The molecule has 0 aliphatic heterocycles. The van der Waals surface area contributed by atoms with Crippen molar-refractivity contribution in [2.75, 3.05) is 6.54 Å². The number of aliphatic hydroxyl groups excluding tert-OH is 1. The predicted octanol–water partition coefficient (Wildman–Crippen LogP) is 1.33. The van der Waals surface area contributed by atoms with E-state index in [2.05, 4.69) is 0 Å². The lowest BCUT2D eigenvalue weighted by Crippen LogP contribution is -2.29. The second kappa shape index (κ2) is 7.36. The number of hydrogen-bond acceptors (Lipinski definition) is 4. The van der Waals surface area contributed by atoms with Crippen LogP contribution in [-0.4, -0.2) is 31.1 Å². The Labute approximate surface area is 134 Å². The van der Waals surface area contributed by atoms with Crippen LogP contribution in [0.25, 0.3) is 0 Å². The van der Waals surface area contributed by atoms with Gasteiger partial charge in [0.25, 0.3) is 0 Å². The summed E-state index contributed by atoms with van der Waals surface area (Å²) in [5, 5.41) is 18.7. The van der Waals surface area contributed by atoms with Crippen LogP contribution >= 0.6 is 0 Å². The Morgan fingerprint density at radius 1 is 1.04 bits per heavy atom. The van der Waals surface area contributed by atoms with Crippen LogP contribution in [0.2, 0.25) is 0 Å². The molecule has 0 heterocycles. The second-order valence-electron chi connectivity index (χ2n) is 4.99. The van der Waals surface area contributed by atoms with Gasteiger partial charge in [-0.3, -0.25) is 4.79 Å². The molecule has 1 unspecified atom stereocenters. The molecule has 6 nitrogen and oxygen atoms in total. The molecule has 2 rings (SSSR count). The van der Waals surface area contributed by atoms with Crippen molar-refractivity contribution in [1.82, 2.24) is 4.72 Å². The van der Waals surface area contributed by atoms with Gasteiger partial charge in [0.2, 0.25) is 10.0 Å². The maximum atomic E-state index is 11.9. The summed E-state index contributed by atoms with van der Waals surface area (Å²) >= 11 is 0. The first-order chi connectivity index (χ1) is 10.9. The third-order valence-electron chi connectivity index (χ3n) is 3.26. The number of carbonyl (C=O) groups is 1. The molecule has 0 aromatic heterocycles. The van der Waals surface area contributed by atoms with Crippen molar-refractivity contribution < 1.29 is 23.4 Å². The first-order valence-corrected chi connectivity index (χ1v) is 8.40. The molecule has 0 aliphatic carbocycles. The lowest BCUT2D eigenvalue weighted by atomic mass is 10.0. The van der Waals surface area contributed by atoms with Crippen LogP contribution in [0.1, 0.15) is 17.2 Å². The van der Waals surface area contributed by atoms with Gasteiger partial charge in [0.15, 0.2) is 0 Å². The van der Waals surface area contributed by atoms with Gasteiger partial charge in [0.05, 0.1) is 11.0 Å². The summed E-state index contributed by atoms with van der Waals surface area (Å²) in [5.74, 6) is -1.25. The van der Waals surface area contributed by atoms with E-state index in [4.69, 9.17) is 5.11 Å². The summed E-state index contributed by atoms with van der Waals surface area (Å²) in [6.45, 7) is -0.670. The molecule has 23 heavy (non-hydrogen) atoms. The van der Waals surface area contributed by atoms with Crippen molar-refractivity contribution in [3.05, 3.63) is 65.7 Å². The molecule has 0 fully saturated rings. The summed E-state index contributed by atoms with van der Waals surface area (Å²) in [5.41, 5.74) is 1.56. The molecular weight excluding hydrogens is 318 g/mol. The first-order valence-electron chi connectivity index (χ1n) is 6.92. The molecule has 0 aliphatic rings. The van der Waals surface area contributed by atoms with E-state index in [0.29, 0.717) is 6.42 Å². The van der Waals surface area contributed by atoms with Crippen LogP contribution in [-0.2, 0) is 21.2 Å². The SMILES string of the molecule is O=C(O)CNS(=O)(=O)c1ccc(CC(O)c2ccccc2)cc1. The van der Waals surface area contributed by atoms with Crippen LogP contribution in [0.3, 0.4) is 0 Å². The molecule has 3 N–H and O–H groups in total. The number of rotatable bonds is 7. The van der Waals surface area contributed by atoms with Gasteiger partial charge in [-0.25, -0.2) is 8.42 Å².